The van der Waals surface area contributed by atoms with Crippen LogP contribution in [0, 0.1) is 17.1 Å². The molecule has 0 fully saturated rings. The van der Waals surface area contributed by atoms with E-state index in [0.29, 0.717) is 11.4 Å². The summed E-state index contributed by atoms with van der Waals surface area (Å²) in [6.07, 6.45) is 0. The first-order valence-electron chi connectivity index (χ1n) is 6.06. The second kappa shape index (κ2) is 6.39. The van der Waals surface area contributed by atoms with Gasteiger partial charge in [0.2, 0.25) is 0 Å². The average molecular weight is 285 g/mol. The molecule has 2 aromatic rings. The van der Waals surface area contributed by atoms with Crippen molar-refractivity contribution in [2.45, 2.75) is 0 Å². The van der Waals surface area contributed by atoms with Crippen LogP contribution in [-0.2, 0) is 0 Å². The lowest BCUT2D eigenvalue weighted by Gasteiger charge is -2.08. The lowest BCUT2D eigenvalue weighted by Crippen LogP contribution is -2.14. The van der Waals surface area contributed by atoms with Gasteiger partial charge in [-0.15, -0.1) is 0 Å². The number of nitrogens with two attached hydrogens (primary N) is 1. The van der Waals surface area contributed by atoms with Gasteiger partial charge in [-0.25, -0.2) is 4.39 Å². The predicted molar refractivity (Wildman–Crippen MR) is 76.3 cm³/mol. The molecule has 0 heterocycles. The van der Waals surface area contributed by atoms with Crippen LogP contribution in [0.4, 0.5) is 15.8 Å². The number of ether oxygens (including phenoxy) is 1. The summed E-state index contributed by atoms with van der Waals surface area (Å²) < 4.78 is 18.8. The number of anilines is 2. The van der Waals surface area contributed by atoms with Crippen molar-refractivity contribution in [3.05, 3.63) is 53.8 Å². The Balaban J connectivity index is 2.14. The van der Waals surface area contributed by atoms with Gasteiger partial charge < -0.3 is 15.8 Å². The molecule has 0 aliphatic carbocycles. The van der Waals surface area contributed by atoms with Crippen LogP contribution in [0.15, 0.2) is 42.5 Å². The first-order chi connectivity index (χ1) is 10.1. The summed E-state index contributed by atoms with van der Waals surface area (Å²) in [6, 6.07) is 12.2. The molecule has 0 unspecified atom stereocenters. The number of nitrogen functional groups attached to an aromatic ring is 1. The van der Waals surface area contributed by atoms with Gasteiger partial charge >= 0.3 is 0 Å². The molecule has 0 saturated carbocycles. The van der Waals surface area contributed by atoms with Crippen molar-refractivity contribution in [2.24, 2.45) is 0 Å². The largest absolute Gasteiger partial charge is 0.479 e. The van der Waals surface area contributed by atoms with E-state index in [9.17, 15) is 9.18 Å². The molecule has 5 nitrogen and oxygen atoms in total. The van der Waals surface area contributed by atoms with E-state index in [1.807, 2.05) is 6.07 Å². The van der Waals surface area contributed by atoms with Gasteiger partial charge in [0, 0.05) is 17.4 Å². The minimum Gasteiger partial charge on any atom is -0.479 e. The molecule has 0 spiro atoms. The Morgan fingerprint density at radius 3 is 2.86 bits per heavy atom. The first-order valence-corrected chi connectivity index (χ1v) is 6.06. The van der Waals surface area contributed by atoms with E-state index in [1.165, 1.54) is 12.1 Å². The molecule has 0 atom stereocenters. The molecule has 3 N–H and O–H groups in total. The summed E-state index contributed by atoms with van der Waals surface area (Å²) >= 11 is 0. The summed E-state index contributed by atoms with van der Waals surface area (Å²) in [4.78, 5) is 12.0. The number of nitrogens with zero attached hydrogens (tertiary/aromatic N) is 1. The molecule has 6 heteroatoms. The third kappa shape index (κ3) is 3.70. The second-order valence-corrected chi connectivity index (χ2v) is 4.17. The molecule has 0 aliphatic heterocycles. The van der Waals surface area contributed by atoms with Gasteiger partial charge in [-0.1, -0.05) is 6.07 Å². The van der Waals surface area contributed by atoms with Crippen molar-refractivity contribution in [1.82, 2.24) is 0 Å². The van der Waals surface area contributed by atoms with Crippen LogP contribution in [0.25, 0.3) is 0 Å². The van der Waals surface area contributed by atoms with Gasteiger partial charge in [0.05, 0.1) is 5.56 Å². The van der Waals surface area contributed by atoms with Crippen molar-refractivity contribution < 1.29 is 13.9 Å². The monoisotopic (exact) mass is 285 g/mol. The molecule has 2 rings (SSSR count). The molecule has 0 aliphatic rings. The number of benzene rings is 2. The van der Waals surface area contributed by atoms with Crippen molar-refractivity contribution in [1.29, 1.82) is 5.26 Å². The number of halogens is 1. The van der Waals surface area contributed by atoms with E-state index in [-0.39, 0.29) is 17.9 Å². The zero-order chi connectivity index (χ0) is 15.2. The SMILES string of the molecule is N#CCOc1cccc(NC(=O)c2ccc(N)cc2F)c1. The minimum absolute atomic E-state index is 0.0933. The smallest absolute Gasteiger partial charge is 0.258 e. The topological polar surface area (TPSA) is 88.1 Å². The van der Waals surface area contributed by atoms with Crippen LogP contribution in [0.3, 0.4) is 0 Å². The third-order valence-electron chi connectivity index (χ3n) is 2.63. The lowest BCUT2D eigenvalue weighted by atomic mass is 10.1. The van der Waals surface area contributed by atoms with Crippen molar-refractivity contribution >= 4 is 17.3 Å². The van der Waals surface area contributed by atoms with E-state index >= 15 is 0 Å². The number of rotatable bonds is 4. The number of nitrogens with one attached hydrogen (secondary N) is 1. The molecule has 0 aromatic heterocycles. The van der Waals surface area contributed by atoms with Gasteiger partial charge in [0.15, 0.2) is 6.61 Å². The van der Waals surface area contributed by atoms with Gasteiger partial charge in [0.1, 0.15) is 17.6 Å². The molecule has 0 saturated heterocycles. The summed E-state index contributed by atoms with van der Waals surface area (Å²) in [7, 11) is 0. The summed E-state index contributed by atoms with van der Waals surface area (Å²) in [5.41, 5.74) is 6.01. The Bertz CT molecular complexity index is 710. The van der Waals surface area contributed by atoms with E-state index in [0.717, 1.165) is 6.07 Å². The quantitative estimate of drug-likeness (QED) is 0.845. The fourth-order valence-corrected chi connectivity index (χ4v) is 1.69. The first kappa shape index (κ1) is 14.3. The summed E-state index contributed by atoms with van der Waals surface area (Å²) in [6.45, 7) is -0.0933. The summed E-state index contributed by atoms with van der Waals surface area (Å²) in [5.74, 6) is -0.846. The molecule has 0 radical (unpaired) electrons. The Labute approximate surface area is 120 Å². The molecule has 1 amide bonds. The molecule has 106 valence electrons. The molecule has 0 bridgehead atoms. The number of amides is 1. The number of hydrogen-bond donors (Lipinski definition) is 2. The standard InChI is InChI=1S/C15H12FN3O2/c16-14-8-10(18)4-5-13(14)15(20)19-11-2-1-3-12(9-11)21-7-6-17/h1-5,8-9H,7,18H2,(H,19,20). The number of carbonyl (C=O) groups is 1. The van der Waals surface area contributed by atoms with E-state index in [1.54, 1.807) is 24.3 Å². The van der Waals surface area contributed by atoms with E-state index in [2.05, 4.69) is 5.32 Å². The Hall–Kier alpha value is -3.07. The maximum atomic E-state index is 13.6. The highest BCUT2D eigenvalue weighted by atomic mass is 19.1. The normalized spacial score (nSPS) is 9.71. The Kier molecular flexibility index (Phi) is 4.36. The molecule has 21 heavy (non-hydrogen) atoms. The molecule has 2 aromatic carbocycles. The van der Waals surface area contributed by atoms with Crippen molar-refractivity contribution in [3.63, 3.8) is 0 Å². The van der Waals surface area contributed by atoms with Crippen LogP contribution in [0.2, 0.25) is 0 Å². The van der Waals surface area contributed by atoms with Gasteiger partial charge in [-0.3, -0.25) is 4.79 Å². The zero-order valence-electron chi connectivity index (χ0n) is 11.0. The van der Waals surface area contributed by atoms with E-state index in [4.69, 9.17) is 15.7 Å². The van der Waals surface area contributed by atoms with Crippen LogP contribution < -0.4 is 15.8 Å². The van der Waals surface area contributed by atoms with E-state index < -0.39 is 11.7 Å². The van der Waals surface area contributed by atoms with Crippen LogP contribution >= 0.6 is 0 Å². The van der Waals surface area contributed by atoms with Gasteiger partial charge in [0.25, 0.3) is 5.91 Å². The van der Waals surface area contributed by atoms with Gasteiger partial charge in [-0.05, 0) is 30.3 Å². The van der Waals surface area contributed by atoms with Crippen molar-refractivity contribution in [3.8, 4) is 11.8 Å². The Morgan fingerprint density at radius 1 is 1.33 bits per heavy atom. The maximum absolute atomic E-state index is 13.6. The van der Waals surface area contributed by atoms with Crippen LogP contribution in [-0.4, -0.2) is 12.5 Å². The van der Waals surface area contributed by atoms with Gasteiger partial charge in [-0.2, -0.15) is 5.26 Å². The predicted octanol–water partition coefficient (Wildman–Crippen LogP) is 2.56. The number of nitriles is 1. The van der Waals surface area contributed by atoms with Crippen LogP contribution in [0.1, 0.15) is 10.4 Å². The van der Waals surface area contributed by atoms with Crippen LogP contribution in [0.5, 0.6) is 5.75 Å². The minimum atomic E-state index is -0.690. The maximum Gasteiger partial charge on any atom is 0.258 e. The fourth-order valence-electron chi connectivity index (χ4n) is 1.69. The highest BCUT2D eigenvalue weighted by Crippen LogP contribution is 2.19. The lowest BCUT2D eigenvalue weighted by molar-refractivity contribution is 0.102. The number of carbonyl (C=O) groups excluding carboxylic acids is 1. The second-order valence-electron chi connectivity index (χ2n) is 4.17. The number of hydrogen-bond acceptors (Lipinski definition) is 4. The Morgan fingerprint density at radius 2 is 2.14 bits per heavy atom. The fraction of sp³-hybridized carbons (Fsp3) is 0.0667. The highest BCUT2D eigenvalue weighted by Gasteiger charge is 2.12. The average Bonchev–Trinajstić information content (AvgIpc) is 2.45. The van der Waals surface area contributed by atoms with Crippen molar-refractivity contribution in [2.75, 3.05) is 17.7 Å². The molecular weight excluding hydrogens is 273 g/mol. The highest BCUT2D eigenvalue weighted by molar-refractivity contribution is 6.04. The zero-order valence-corrected chi connectivity index (χ0v) is 11.0. The molecular formula is C15H12FN3O2. The summed E-state index contributed by atoms with van der Waals surface area (Å²) in [5, 5.41) is 11.0. The third-order valence-corrected chi connectivity index (χ3v) is 2.63.